The summed E-state index contributed by atoms with van der Waals surface area (Å²) >= 11 is 5.90. The third-order valence-electron chi connectivity index (χ3n) is 2.85. The van der Waals surface area contributed by atoms with E-state index < -0.39 is 11.4 Å². The molecule has 2 nitrogen and oxygen atoms in total. The number of carbonyl (C=O) groups is 1. The maximum Gasteiger partial charge on any atom is 0.184 e. The van der Waals surface area contributed by atoms with E-state index in [0.29, 0.717) is 0 Å². The predicted molar refractivity (Wildman–Crippen MR) is 63.5 cm³/mol. The molecule has 4 heteroatoms. The highest BCUT2D eigenvalue weighted by molar-refractivity contribution is 6.34. The van der Waals surface area contributed by atoms with Gasteiger partial charge >= 0.3 is 0 Å². The summed E-state index contributed by atoms with van der Waals surface area (Å²) in [6, 6.07) is 3.81. The van der Waals surface area contributed by atoms with Gasteiger partial charge in [0.1, 0.15) is 5.82 Å². The summed E-state index contributed by atoms with van der Waals surface area (Å²) in [6.45, 7) is 3.55. The Labute approximate surface area is 100 Å². The maximum atomic E-state index is 13.1. The molecular weight excluding hydrogens is 229 g/mol. The van der Waals surface area contributed by atoms with Crippen LogP contribution in [0.15, 0.2) is 18.2 Å². The topological polar surface area (TPSA) is 20.3 Å². The summed E-state index contributed by atoms with van der Waals surface area (Å²) < 4.78 is 13.1. The molecule has 0 N–H and O–H groups in total. The summed E-state index contributed by atoms with van der Waals surface area (Å²) in [5, 5.41) is 0.279. The number of benzene rings is 1. The monoisotopic (exact) mass is 243 g/mol. The Morgan fingerprint density at radius 2 is 1.94 bits per heavy atom. The van der Waals surface area contributed by atoms with E-state index >= 15 is 0 Å². The van der Waals surface area contributed by atoms with Gasteiger partial charge in [-0.3, -0.25) is 9.69 Å². The summed E-state index contributed by atoms with van der Waals surface area (Å²) in [5.41, 5.74) is -0.488. The molecule has 0 heterocycles. The first-order valence-electron chi connectivity index (χ1n) is 4.94. The van der Waals surface area contributed by atoms with E-state index in [1.165, 1.54) is 18.2 Å². The highest BCUT2D eigenvalue weighted by atomic mass is 35.5. The first-order valence-corrected chi connectivity index (χ1v) is 5.32. The fraction of sp³-hybridized carbons (Fsp3) is 0.417. The summed E-state index contributed by atoms with van der Waals surface area (Å²) in [5.74, 6) is -0.649. The van der Waals surface area contributed by atoms with Crippen LogP contribution in [0.1, 0.15) is 24.2 Å². The number of Topliss-reactive ketones (excluding diaryl/α,β-unsaturated/α-hetero) is 1. The third kappa shape index (κ3) is 2.42. The van der Waals surface area contributed by atoms with Crippen LogP contribution in [0, 0.1) is 5.82 Å². The Kier molecular flexibility index (Phi) is 3.71. The molecule has 0 aliphatic heterocycles. The predicted octanol–water partition coefficient (Wildman–Crippen LogP) is 3.00. The molecule has 0 aliphatic carbocycles. The fourth-order valence-corrected chi connectivity index (χ4v) is 1.41. The van der Waals surface area contributed by atoms with Gasteiger partial charge in [-0.25, -0.2) is 4.39 Å². The molecule has 0 bridgehead atoms. The molecule has 0 unspecified atom stereocenters. The number of hydrogen-bond donors (Lipinski definition) is 0. The van der Waals surface area contributed by atoms with Crippen molar-refractivity contribution in [2.75, 3.05) is 14.1 Å². The van der Waals surface area contributed by atoms with Crippen molar-refractivity contribution in [2.24, 2.45) is 0 Å². The van der Waals surface area contributed by atoms with Crippen LogP contribution in [0.5, 0.6) is 0 Å². The number of ketones is 1. The Hall–Kier alpha value is -0.930. The van der Waals surface area contributed by atoms with Crippen LogP contribution in [0.3, 0.4) is 0 Å². The number of rotatable bonds is 3. The Morgan fingerprint density at radius 1 is 1.38 bits per heavy atom. The van der Waals surface area contributed by atoms with E-state index in [1.54, 1.807) is 32.8 Å². The van der Waals surface area contributed by atoms with E-state index in [2.05, 4.69) is 0 Å². The van der Waals surface area contributed by atoms with Crippen molar-refractivity contribution in [3.05, 3.63) is 34.6 Å². The van der Waals surface area contributed by atoms with Gasteiger partial charge < -0.3 is 0 Å². The first kappa shape index (κ1) is 13.1. The molecule has 0 saturated carbocycles. The lowest BCUT2D eigenvalue weighted by atomic mass is 9.92. The number of likely N-dealkylation sites (N-methyl/N-ethyl adjacent to an activating group) is 1. The normalized spacial score (nSPS) is 11.9. The molecule has 16 heavy (non-hydrogen) atoms. The van der Waals surface area contributed by atoms with Crippen LogP contribution in [0.2, 0.25) is 5.02 Å². The van der Waals surface area contributed by atoms with Crippen LogP contribution in [-0.2, 0) is 0 Å². The molecule has 0 fully saturated rings. The standard InChI is InChI=1S/C12H15ClFNO/c1-12(2,15(3)4)11(16)9-7-8(14)5-6-10(9)13/h5-7H,1-4H3. The summed E-state index contributed by atoms with van der Waals surface area (Å²) in [7, 11) is 3.59. The molecule has 0 aliphatic rings. The minimum absolute atomic E-state index is 0.193. The molecule has 0 aromatic heterocycles. The van der Waals surface area contributed by atoms with Crippen molar-refractivity contribution in [1.29, 1.82) is 0 Å². The number of halogens is 2. The van der Waals surface area contributed by atoms with Crippen molar-refractivity contribution >= 4 is 17.4 Å². The minimum Gasteiger partial charge on any atom is -0.297 e. The lowest BCUT2D eigenvalue weighted by Gasteiger charge is -2.31. The second-order valence-electron chi connectivity index (χ2n) is 4.41. The molecule has 0 saturated heterocycles. The van der Waals surface area contributed by atoms with Crippen molar-refractivity contribution < 1.29 is 9.18 Å². The Bertz CT molecular complexity index is 415. The van der Waals surface area contributed by atoms with E-state index in [4.69, 9.17) is 11.6 Å². The first-order chi connectivity index (χ1) is 7.26. The van der Waals surface area contributed by atoms with Gasteiger partial charge in [0.25, 0.3) is 0 Å². The van der Waals surface area contributed by atoms with Crippen molar-refractivity contribution in [1.82, 2.24) is 4.90 Å². The van der Waals surface area contributed by atoms with Gasteiger partial charge in [0.2, 0.25) is 0 Å². The number of hydrogen-bond acceptors (Lipinski definition) is 2. The molecule has 0 atom stereocenters. The average Bonchev–Trinajstić information content (AvgIpc) is 2.20. The van der Waals surface area contributed by atoms with Gasteiger partial charge in [0, 0.05) is 5.56 Å². The minimum atomic E-state index is -0.711. The van der Waals surface area contributed by atoms with Crippen molar-refractivity contribution in [2.45, 2.75) is 19.4 Å². The van der Waals surface area contributed by atoms with Crippen molar-refractivity contribution in [3.63, 3.8) is 0 Å². The fourth-order valence-electron chi connectivity index (χ4n) is 1.20. The lowest BCUT2D eigenvalue weighted by Crippen LogP contribution is -2.45. The zero-order valence-corrected chi connectivity index (χ0v) is 10.6. The van der Waals surface area contributed by atoms with Gasteiger partial charge in [0.15, 0.2) is 5.78 Å². The van der Waals surface area contributed by atoms with E-state index in [0.717, 1.165) is 0 Å². The number of nitrogens with zero attached hydrogens (tertiary/aromatic N) is 1. The highest BCUT2D eigenvalue weighted by Crippen LogP contribution is 2.24. The Morgan fingerprint density at radius 3 is 2.44 bits per heavy atom. The van der Waals surface area contributed by atoms with Gasteiger partial charge in [-0.05, 0) is 46.1 Å². The van der Waals surface area contributed by atoms with Crippen LogP contribution in [-0.4, -0.2) is 30.3 Å². The molecule has 0 amide bonds. The number of carbonyl (C=O) groups excluding carboxylic acids is 1. The second-order valence-corrected chi connectivity index (χ2v) is 4.81. The SMILES string of the molecule is CN(C)C(C)(C)C(=O)c1cc(F)ccc1Cl. The van der Waals surface area contributed by atoms with Crippen molar-refractivity contribution in [3.8, 4) is 0 Å². The quantitative estimate of drug-likeness (QED) is 0.761. The van der Waals surface area contributed by atoms with Crippen LogP contribution in [0.4, 0.5) is 4.39 Å². The van der Waals surface area contributed by atoms with Gasteiger partial charge in [0.05, 0.1) is 10.6 Å². The highest BCUT2D eigenvalue weighted by Gasteiger charge is 2.32. The molecule has 0 radical (unpaired) electrons. The lowest BCUT2D eigenvalue weighted by molar-refractivity contribution is 0.0755. The molecular formula is C12H15ClFNO. The molecule has 1 aromatic carbocycles. The molecule has 88 valence electrons. The van der Waals surface area contributed by atoms with Gasteiger partial charge in [-0.2, -0.15) is 0 Å². The van der Waals surface area contributed by atoms with Crippen LogP contribution in [0.25, 0.3) is 0 Å². The van der Waals surface area contributed by atoms with E-state index in [1.807, 2.05) is 0 Å². The molecule has 1 aromatic rings. The summed E-state index contributed by atoms with van der Waals surface area (Å²) in [4.78, 5) is 14.0. The summed E-state index contributed by atoms with van der Waals surface area (Å²) in [6.07, 6.45) is 0. The zero-order chi connectivity index (χ0) is 12.5. The van der Waals surface area contributed by atoms with Gasteiger partial charge in [-0.15, -0.1) is 0 Å². The zero-order valence-electron chi connectivity index (χ0n) is 9.84. The van der Waals surface area contributed by atoms with E-state index in [9.17, 15) is 9.18 Å². The third-order valence-corrected chi connectivity index (χ3v) is 3.18. The average molecular weight is 244 g/mol. The maximum absolute atomic E-state index is 13.1. The van der Waals surface area contributed by atoms with E-state index in [-0.39, 0.29) is 16.4 Å². The molecule has 0 spiro atoms. The second kappa shape index (κ2) is 4.52. The van der Waals surface area contributed by atoms with Gasteiger partial charge in [-0.1, -0.05) is 11.6 Å². The largest absolute Gasteiger partial charge is 0.297 e. The smallest absolute Gasteiger partial charge is 0.184 e. The Balaban J connectivity index is 3.19. The van der Waals surface area contributed by atoms with Crippen LogP contribution < -0.4 is 0 Å². The molecule has 1 rings (SSSR count). The van der Waals surface area contributed by atoms with Crippen LogP contribution >= 0.6 is 11.6 Å².